The van der Waals surface area contributed by atoms with Crippen LogP contribution in [0, 0.1) is 11.7 Å². The zero-order chi connectivity index (χ0) is 22.8. The summed E-state index contributed by atoms with van der Waals surface area (Å²) >= 11 is 0. The average Bonchev–Trinajstić information content (AvgIpc) is 3.03. The van der Waals surface area contributed by atoms with Crippen LogP contribution in [-0.4, -0.2) is 51.4 Å². The molecule has 5 nitrogen and oxygen atoms in total. The maximum absolute atomic E-state index is 14.8. The zero-order valence-corrected chi connectivity index (χ0v) is 19.8. The molecule has 1 saturated heterocycles. The van der Waals surface area contributed by atoms with E-state index in [0.717, 1.165) is 57.3 Å². The van der Waals surface area contributed by atoms with Crippen molar-refractivity contribution < 1.29 is 17.5 Å². The van der Waals surface area contributed by atoms with E-state index in [-0.39, 0.29) is 30.0 Å². The summed E-state index contributed by atoms with van der Waals surface area (Å²) in [6, 6.07) is 14.0. The minimum atomic E-state index is -3.29. The van der Waals surface area contributed by atoms with Crippen LogP contribution in [0.15, 0.2) is 42.5 Å². The van der Waals surface area contributed by atoms with Gasteiger partial charge in [-0.15, -0.1) is 0 Å². The van der Waals surface area contributed by atoms with Crippen molar-refractivity contribution in [2.24, 2.45) is 5.92 Å². The van der Waals surface area contributed by atoms with Gasteiger partial charge in [0.05, 0.1) is 5.25 Å². The van der Waals surface area contributed by atoms with Crippen LogP contribution >= 0.6 is 0 Å². The summed E-state index contributed by atoms with van der Waals surface area (Å²) in [5.74, 6) is 0.644. The number of halogens is 1. The third-order valence-electron chi connectivity index (χ3n) is 7.54. The van der Waals surface area contributed by atoms with Gasteiger partial charge in [-0.05, 0) is 85.9 Å². The quantitative estimate of drug-likeness (QED) is 0.533. The molecular formula is C26H33FN2O3S. The van der Waals surface area contributed by atoms with Crippen LogP contribution in [0.1, 0.15) is 48.3 Å². The van der Waals surface area contributed by atoms with Crippen LogP contribution in [0.3, 0.4) is 0 Å². The molecule has 1 N–H and O–H groups in total. The molecule has 2 aliphatic carbocycles. The lowest BCUT2D eigenvalue weighted by molar-refractivity contribution is 0.145. The fourth-order valence-electron chi connectivity index (χ4n) is 5.30. The van der Waals surface area contributed by atoms with Crippen LogP contribution in [0.25, 0.3) is 0 Å². The normalized spacial score (nSPS) is 23.1. The maximum Gasteiger partial charge on any atom is 0.214 e. The van der Waals surface area contributed by atoms with Crippen molar-refractivity contribution in [2.45, 2.75) is 49.7 Å². The highest BCUT2D eigenvalue weighted by Crippen LogP contribution is 2.43. The summed E-state index contributed by atoms with van der Waals surface area (Å²) in [5.41, 5.74) is 3.55. The van der Waals surface area contributed by atoms with Gasteiger partial charge in [0, 0.05) is 13.1 Å². The van der Waals surface area contributed by atoms with Crippen molar-refractivity contribution in [3.8, 4) is 5.75 Å². The maximum atomic E-state index is 14.8. The van der Waals surface area contributed by atoms with Gasteiger partial charge in [-0.3, -0.25) is 0 Å². The van der Waals surface area contributed by atoms with Crippen molar-refractivity contribution in [2.75, 3.05) is 32.8 Å². The number of sulfonamides is 1. The van der Waals surface area contributed by atoms with Crippen molar-refractivity contribution in [3.63, 3.8) is 0 Å². The number of fused-ring (bicyclic) bond motifs is 1. The molecule has 1 heterocycles. The molecule has 33 heavy (non-hydrogen) atoms. The van der Waals surface area contributed by atoms with Crippen LogP contribution < -0.4 is 9.46 Å². The van der Waals surface area contributed by atoms with Gasteiger partial charge in [0.2, 0.25) is 10.0 Å². The Labute approximate surface area is 196 Å². The lowest BCUT2D eigenvalue weighted by Crippen LogP contribution is -2.41. The number of nitrogens with zero attached hydrogens (tertiary/aromatic N) is 1. The molecule has 2 aromatic rings. The topological polar surface area (TPSA) is 58.6 Å². The van der Waals surface area contributed by atoms with Gasteiger partial charge in [0.15, 0.2) is 11.6 Å². The fraction of sp³-hybridized carbons (Fsp3) is 0.538. The lowest BCUT2D eigenvalue weighted by Gasteiger charge is -2.35. The molecule has 2 fully saturated rings. The predicted molar refractivity (Wildman–Crippen MR) is 128 cm³/mol. The Balaban J connectivity index is 1.28. The standard InChI is InChI=1S/C26H33FN2O3S/c27-25-16-20-15-21(18-29-11-5-12-29)23(14-19-6-2-1-3-7-19)24(20)17-26(25)32-13-10-28-33(30,31)22-8-4-9-22/h1-3,6-7,16-17,21-23,28H,4-5,8-15,18H2. The Hall–Kier alpha value is -1.96. The number of benzene rings is 2. The molecule has 1 saturated carbocycles. The third-order valence-corrected chi connectivity index (χ3v) is 9.49. The molecule has 5 rings (SSSR count). The van der Waals surface area contributed by atoms with Gasteiger partial charge in [-0.2, -0.15) is 0 Å². The Bertz CT molecular complexity index is 1070. The summed E-state index contributed by atoms with van der Waals surface area (Å²) in [4.78, 5) is 2.50. The zero-order valence-electron chi connectivity index (χ0n) is 19.0. The van der Waals surface area contributed by atoms with Crippen molar-refractivity contribution in [1.82, 2.24) is 9.62 Å². The fourth-order valence-corrected chi connectivity index (χ4v) is 6.86. The lowest BCUT2D eigenvalue weighted by atomic mass is 9.86. The molecule has 3 aliphatic rings. The van der Waals surface area contributed by atoms with Gasteiger partial charge in [0.25, 0.3) is 0 Å². The number of likely N-dealkylation sites (tertiary alicyclic amines) is 1. The highest BCUT2D eigenvalue weighted by Gasteiger charge is 2.36. The molecule has 0 spiro atoms. The summed E-state index contributed by atoms with van der Waals surface area (Å²) in [5, 5.41) is -0.281. The molecule has 0 aromatic heterocycles. The minimum absolute atomic E-state index is 0.113. The van der Waals surface area contributed by atoms with E-state index in [1.54, 1.807) is 6.07 Å². The van der Waals surface area contributed by atoms with Gasteiger partial charge >= 0.3 is 0 Å². The molecule has 2 atom stereocenters. The van der Waals surface area contributed by atoms with Crippen LogP contribution in [0.5, 0.6) is 5.75 Å². The summed E-state index contributed by atoms with van der Waals surface area (Å²) in [6.45, 7) is 3.63. The monoisotopic (exact) mass is 472 g/mol. The van der Waals surface area contributed by atoms with E-state index >= 15 is 0 Å². The first-order valence-electron chi connectivity index (χ1n) is 12.2. The molecule has 0 amide bonds. The number of nitrogens with one attached hydrogen (secondary N) is 1. The Kier molecular flexibility index (Phi) is 6.72. The number of ether oxygens (including phenoxy) is 1. The van der Waals surface area contributed by atoms with Gasteiger partial charge in [-0.25, -0.2) is 17.5 Å². The van der Waals surface area contributed by atoms with Crippen molar-refractivity contribution in [1.29, 1.82) is 0 Å². The predicted octanol–water partition coefficient (Wildman–Crippen LogP) is 3.88. The molecular weight excluding hydrogens is 439 g/mol. The number of hydrogen-bond donors (Lipinski definition) is 1. The molecule has 7 heteroatoms. The second-order valence-electron chi connectivity index (χ2n) is 9.74. The number of rotatable bonds is 10. The molecule has 0 radical (unpaired) electrons. The highest BCUT2D eigenvalue weighted by molar-refractivity contribution is 7.90. The van der Waals surface area contributed by atoms with Gasteiger partial charge < -0.3 is 9.64 Å². The molecule has 178 valence electrons. The van der Waals surface area contributed by atoms with E-state index < -0.39 is 10.0 Å². The summed E-state index contributed by atoms with van der Waals surface area (Å²) in [6.07, 6.45) is 5.49. The van der Waals surface area contributed by atoms with Crippen LogP contribution in [-0.2, 0) is 22.9 Å². The second-order valence-corrected chi connectivity index (χ2v) is 11.8. The van der Waals surface area contributed by atoms with E-state index in [1.807, 2.05) is 12.1 Å². The Morgan fingerprint density at radius 1 is 1.09 bits per heavy atom. The molecule has 2 aromatic carbocycles. The van der Waals surface area contributed by atoms with Crippen LogP contribution in [0.2, 0.25) is 0 Å². The first-order valence-corrected chi connectivity index (χ1v) is 13.7. The first kappa shape index (κ1) is 22.8. The van der Waals surface area contributed by atoms with E-state index in [2.05, 4.69) is 33.9 Å². The Morgan fingerprint density at radius 3 is 2.55 bits per heavy atom. The Morgan fingerprint density at radius 2 is 1.88 bits per heavy atom. The second kappa shape index (κ2) is 9.72. The van der Waals surface area contributed by atoms with Crippen molar-refractivity contribution in [3.05, 3.63) is 65.0 Å². The average molecular weight is 473 g/mol. The van der Waals surface area contributed by atoms with Crippen molar-refractivity contribution >= 4 is 10.0 Å². The third kappa shape index (κ3) is 5.10. The number of hydrogen-bond acceptors (Lipinski definition) is 4. The SMILES string of the molecule is O=S(=O)(NCCOc1cc2c(cc1F)CC(CN1CCC1)C2Cc1ccccc1)C1CCC1. The van der Waals surface area contributed by atoms with E-state index in [9.17, 15) is 12.8 Å². The van der Waals surface area contributed by atoms with Gasteiger partial charge in [-0.1, -0.05) is 36.8 Å². The van der Waals surface area contributed by atoms with Gasteiger partial charge in [0.1, 0.15) is 6.61 Å². The minimum Gasteiger partial charge on any atom is -0.489 e. The molecule has 1 aliphatic heterocycles. The summed E-state index contributed by atoms with van der Waals surface area (Å²) < 4.78 is 47.5. The smallest absolute Gasteiger partial charge is 0.214 e. The van der Waals surface area contributed by atoms with E-state index in [0.29, 0.717) is 11.8 Å². The van der Waals surface area contributed by atoms with Crippen LogP contribution in [0.4, 0.5) is 4.39 Å². The molecule has 0 bridgehead atoms. The van der Waals surface area contributed by atoms with E-state index in [4.69, 9.17) is 4.74 Å². The van der Waals surface area contributed by atoms with E-state index in [1.165, 1.54) is 17.5 Å². The highest BCUT2D eigenvalue weighted by atomic mass is 32.2. The molecule has 2 unspecified atom stereocenters. The summed E-state index contributed by atoms with van der Waals surface area (Å²) in [7, 11) is -3.29. The largest absolute Gasteiger partial charge is 0.489 e. The first-order chi connectivity index (χ1) is 16.0.